The molecule has 0 fully saturated rings. The summed E-state index contributed by atoms with van der Waals surface area (Å²) < 4.78 is 5.98. The van der Waals surface area contributed by atoms with Crippen LogP contribution in [0.5, 0.6) is 5.75 Å². The molecule has 0 spiro atoms. The van der Waals surface area contributed by atoms with E-state index in [-0.39, 0.29) is 5.92 Å². The van der Waals surface area contributed by atoms with Gasteiger partial charge in [-0.1, -0.05) is 56.3 Å². The number of para-hydroxylation sites is 1. The minimum absolute atomic E-state index is 0.256. The second-order valence-corrected chi connectivity index (χ2v) is 9.90. The maximum Gasteiger partial charge on any atom is 0.123 e. The molecule has 1 aliphatic rings. The molecule has 5 heteroatoms. The zero-order chi connectivity index (χ0) is 24.4. The van der Waals surface area contributed by atoms with Crippen LogP contribution in [0.4, 0.5) is 11.4 Å². The number of benzene rings is 3. The van der Waals surface area contributed by atoms with Crippen LogP contribution in [0.2, 0.25) is 0 Å². The highest BCUT2D eigenvalue weighted by Gasteiger charge is 2.24. The number of anilines is 2. The molecule has 180 valence electrons. The van der Waals surface area contributed by atoms with Gasteiger partial charge in [0.25, 0.3) is 0 Å². The predicted octanol–water partition coefficient (Wildman–Crippen LogP) is 5.38. The van der Waals surface area contributed by atoms with Gasteiger partial charge in [-0.3, -0.25) is 4.90 Å². The zero-order valence-electron chi connectivity index (χ0n) is 21.1. The Balaban J connectivity index is 1.66. The number of hydrogen-bond acceptors (Lipinski definition) is 5. The Morgan fingerprint density at radius 3 is 2.56 bits per heavy atom. The van der Waals surface area contributed by atoms with Crippen LogP contribution in [0.15, 0.2) is 54.6 Å². The van der Waals surface area contributed by atoms with Crippen LogP contribution in [-0.4, -0.2) is 25.1 Å². The van der Waals surface area contributed by atoms with Crippen LogP contribution in [0, 0.1) is 19.8 Å². The van der Waals surface area contributed by atoms with E-state index in [2.05, 4.69) is 75.1 Å². The first kappa shape index (κ1) is 24.1. The first-order chi connectivity index (χ1) is 16.3. The van der Waals surface area contributed by atoms with Gasteiger partial charge in [0, 0.05) is 38.2 Å². The molecular weight excluding hydrogens is 420 g/mol. The molecule has 0 amide bonds. The Hall–Kier alpha value is -3.02. The molecule has 1 heterocycles. The standard InChI is InChI=1S/C29H38N4O/c1-19(2)28(25-12-13-26(32(5)31)29(30)21(25)4)22-11-10-20(3)24(16-22)18-33-14-15-34-27-9-7-6-8-23(27)17-33/h6-13,16,19,28H,14-15,17-18,30-31H2,1-5H3. The number of fused-ring (bicyclic) bond motifs is 1. The third-order valence-electron chi connectivity index (χ3n) is 7.07. The van der Waals surface area contributed by atoms with Gasteiger partial charge in [0.15, 0.2) is 0 Å². The van der Waals surface area contributed by atoms with Gasteiger partial charge in [0.05, 0.1) is 11.4 Å². The lowest BCUT2D eigenvalue weighted by Gasteiger charge is -2.28. The largest absolute Gasteiger partial charge is 0.492 e. The van der Waals surface area contributed by atoms with Crippen molar-refractivity contribution < 1.29 is 4.74 Å². The molecule has 0 aromatic heterocycles. The number of ether oxygens (including phenoxy) is 1. The number of aryl methyl sites for hydroxylation is 1. The quantitative estimate of drug-likeness (QED) is 0.295. The van der Waals surface area contributed by atoms with E-state index in [9.17, 15) is 0 Å². The molecule has 1 atom stereocenters. The number of hydrogen-bond donors (Lipinski definition) is 2. The van der Waals surface area contributed by atoms with Crippen LogP contribution >= 0.6 is 0 Å². The van der Waals surface area contributed by atoms with E-state index in [1.165, 1.54) is 27.8 Å². The lowest BCUT2D eigenvalue weighted by atomic mass is 9.79. The highest BCUT2D eigenvalue weighted by atomic mass is 16.5. The number of nitrogen functional groups attached to an aromatic ring is 1. The van der Waals surface area contributed by atoms with Crippen LogP contribution < -0.4 is 21.3 Å². The minimum Gasteiger partial charge on any atom is -0.492 e. The summed E-state index contributed by atoms with van der Waals surface area (Å²) >= 11 is 0. The van der Waals surface area contributed by atoms with Gasteiger partial charge in [-0.2, -0.15) is 0 Å². The topological polar surface area (TPSA) is 67.8 Å². The highest BCUT2D eigenvalue weighted by Crippen LogP contribution is 2.39. The van der Waals surface area contributed by atoms with Crippen molar-refractivity contribution in [3.05, 3.63) is 88.0 Å². The molecular formula is C29H38N4O. The van der Waals surface area contributed by atoms with Gasteiger partial charge < -0.3 is 15.5 Å². The lowest BCUT2D eigenvalue weighted by molar-refractivity contribution is 0.219. The minimum atomic E-state index is 0.256. The van der Waals surface area contributed by atoms with Gasteiger partial charge in [-0.15, -0.1) is 0 Å². The average Bonchev–Trinajstić information content (AvgIpc) is 3.00. The van der Waals surface area contributed by atoms with E-state index in [0.29, 0.717) is 12.5 Å². The van der Waals surface area contributed by atoms with Gasteiger partial charge >= 0.3 is 0 Å². The first-order valence-electron chi connectivity index (χ1n) is 12.2. The predicted molar refractivity (Wildman–Crippen MR) is 142 cm³/mol. The molecule has 1 aliphatic heterocycles. The van der Waals surface area contributed by atoms with E-state index < -0.39 is 0 Å². The summed E-state index contributed by atoms with van der Waals surface area (Å²) in [4.78, 5) is 2.48. The Labute approximate surface area is 204 Å². The number of rotatable bonds is 6. The Bertz CT molecular complexity index is 1150. The van der Waals surface area contributed by atoms with Crippen molar-refractivity contribution in [2.75, 3.05) is 30.9 Å². The van der Waals surface area contributed by atoms with Crippen molar-refractivity contribution in [1.29, 1.82) is 0 Å². The third-order valence-corrected chi connectivity index (χ3v) is 7.07. The van der Waals surface area contributed by atoms with E-state index in [1.807, 2.05) is 19.2 Å². The van der Waals surface area contributed by atoms with Crippen LogP contribution in [0.3, 0.4) is 0 Å². The van der Waals surface area contributed by atoms with Crippen LogP contribution in [0.25, 0.3) is 0 Å². The first-order valence-corrected chi connectivity index (χ1v) is 12.2. The van der Waals surface area contributed by atoms with Crippen molar-refractivity contribution in [3.63, 3.8) is 0 Å². The molecule has 3 aromatic carbocycles. The maximum absolute atomic E-state index is 6.49. The zero-order valence-corrected chi connectivity index (χ0v) is 21.1. The van der Waals surface area contributed by atoms with Gasteiger partial charge in [-0.05, 0) is 59.7 Å². The van der Waals surface area contributed by atoms with E-state index in [0.717, 1.165) is 42.3 Å². The smallest absolute Gasteiger partial charge is 0.123 e. The van der Waals surface area contributed by atoms with Crippen LogP contribution in [-0.2, 0) is 13.1 Å². The van der Waals surface area contributed by atoms with Crippen molar-refractivity contribution >= 4 is 11.4 Å². The molecule has 0 saturated carbocycles. The summed E-state index contributed by atoms with van der Waals surface area (Å²) in [5, 5.41) is 1.59. The fourth-order valence-corrected chi connectivity index (χ4v) is 5.11. The molecule has 0 bridgehead atoms. The summed E-state index contributed by atoms with van der Waals surface area (Å²) in [5.41, 5.74) is 15.8. The van der Waals surface area contributed by atoms with Crippen molar-refractivity contribution in [2.45, 2.75) is 46.7 Å². The summed E-state index contributed by atoms with van der Waals surface area (Å²) in [6, 6.07) is 19.5. The number of nitrogens with zero attached hydrogens (tertiary/aromatic N) is 2. The van der Waals surface area contributed by atoms with Gasteiger partial charge in [-0.25, -0.2) is 5.84 Å². The molecule has 4 rings (SSSR count). The van der Waals surface area contributed by atoms with Crippen molar-refractivity contribution in [2.24, 2.45) is 11.8 Å². The second-order valence-electron chi connectivity index (χ2n) is 9.90. The summed E-state index contributed by atoms with van der Waals surface area (Å²) in [6.07, 6.45) is 0. The fourth-order valence-electron chi connectivity index (χ4n) is 5.11. The number of nitrogens with two attached hydrogens (primary N) is 2. The summed E-state index contributed by atoms with van der Waals surface area (Å²) in [6.45, 7) is 12.3. The summed E-state index contributed by atoms with van der Waals surface area (Å²) in [5.74, 6) is 7.68. The third kappa shape index (κ3) is 4.91. The Morgan fingerprint density at radius 1 is 1.06 bits per heavy atom. The molecule has 34 heavy (non-hydrogen) atoms. The molecule has 4 N–H and O–H groups in total. The van der Waals surface area contributed by atoms with Crippen molar-refractivity contribution in [1.82, 2.24) is 4.90 Å². The highest BCUT2D eigenvalue weighted by molar-refractivity contribution is 5.72. The normalized spacial score (nSPS) is 14.9. The molecule has 3 aromatic rings. The molecule has 5 nitrogen and oxygen atoms in total. The maximum atomic E-state index is 6.49. The fraction of sp³-hybridized carbons (Fsp3) is 0.379. The molecule has 0 aliphatic carbocycles. The summed E-state index contributed by atoms with van der Waals surface area (Å²) in [7, 11) is 1.82. The van der Waals surface area contributed by atoms with Gasteiger partial charge in [0.2, 0.25) is 0 Å². The van der Waals surface area contributed by atoms with Gasteiger partial charge in [0.1, 0.15) is 12.4 Å². The Morgan fingerprint density at radius 2 is 1.82 bits per heavy atom. The lowest BCUT2D eigenvalue weighted by Crippen LogP contribution is -2.26. The average molecular weight is 459 g/mol. The molecule has 1 unspecified atom stereocenters. The monoisotopic (exact) mass is 458 g/mol. The van der Waals surface area contributed by atoms with Crippen LogP contribution in [0.1, 0.15) is 53.1 Å². The van der Waals surface area contributed by atoms with E-state index >= 15 is 0 Å². The molecule has 0 radical (unpaired) electrons. The molecule has 0 saturated heterocycles. The Kier molecular flexibility index (Phi) is 7.15. The second kappa shape index (κ2) is 10.1. The van der Waals surface area contributed by atoms with E-state index in [1.54, 1.807) is 5.01 Å². The van der Waals surface area contributed by atoms with E-state index in [4.69, 9.17) is 16.3 Å². The SMILES string of the molecule is Cc1ccc(C(c2ccc(N(C)N)c(N)c2C)C(C)C)cc1CN1CCOc2ccccc2C1. The van der Waals surface area contributed by atoms with Crippen molar-refractivity contribution in [3.8, 4) is 5.75 Å². The number of hydrazine groups is 1.